The SMILES string of the molecule is CCCCCCCCCCCC[N+](C)(C)C(I)CC.[I-]. The Labute approximate surface area is 159 Å². The maximum atomic E-state index is 2.61. The highest BCUT2D eigenvalue weighted by Gasteiger charge is 2.22. The maximum Gasteiger partial charge on any atom is 0.139 e. The van der Waals surface area contributed by atoms with Gasteiger partial charge in [0.1, 0.15) is 4.05 Å². The number of quaternary nitrogens is 1. The van der Waals surface area contributed by atoms with Crippen LogP contribution >= 0.6 is 22.6 Å². The number of nitrogens with zero attached hydrogens (tertiary/aromatic N) is 1. The van der Waals surface area contributed by atoms with Gasteiger partial charge in [0.2, 0.25) is 0 Å². The zero-order chi connectivity index (χ0) is 14.6. The lowest BCUT2D eigenvalue weighted by Crippen LogP contribution is -3.00. The van der Waals surface area contributed by atoms with Crippen LogP contribution < -0.4 is 24.0 Å². The van der Waals surface area contributed by atoms with Gasteiger partial charge in [0.25, 0.3) is 0 Å². The molecule has 0 saturated carbocycles. The standard InChI is InChI=1S/C17H37IN.HI/c1-5-7-8-9-10-11-12-13-14-15-16-19(3,4)17(18)6-2;/h17H,5-16H2,1-4H3;1H/q+1;/p-1. The van der Waals surface area contributed by atoms with Gasteiger partial charge < -0.3 is 28.5 Å². The van der Waals surface area contributed by atoms with Gasteiger partial charge in [-0.25, -0.2) is 0 Å². The fourth-order valence-corrected chi connectivity index (χ4v) is 2.92. The minimum atomic E-state index is 0. The molecule has 1 nitrogen and oxygen atoms in total. The van der Waals surface area contributed by atoms with E-state index in [0.29, 0.717) is 0 Å². The van der Waals surface area contributed by atoms with Gasteiger partial charge in [0.05, 0.1) is 20.6 Å². The monoisotopic (exact) mass is 509 g/mol. The molecule has 0 radical (unpaired) electrons. The van der Waals surface area contributed by atoms with E-state index in [1.807, 2.05) is 0 Å². The van der Waals surface area contributed by atoms with Gasteiger partial charge in [0.15, 0.2) is 0 Å². The van der Waals surface area contributed by atoms with Crippen LogP contribution in [0.1, 0.15) is 84.5 Å². The molecular weight excluding hydrogens is 472 g/mol. The molecule has 0 fully saturated rings. The van der Waals surface area contributed by atoms with Crippen LogP contribution in [0.3, 0.4) is 0 Å². The molecule has 1 atom stereocenters. The fourth-order valence-electron chi connectivity index (χ4n) is 2.64. The molecular formula is C17H37I2N. The summed E-state index contributed by atoms with van der Waals surface area (Å²) < 4.78 is 1.96. The summed E-state index contributed by atoms with van der Waals surface area (Å²) >= 11 is 2.61. The topological polar surface area (TPSA) is 0 Å². The molecule has 0 heterocycles. The zero-order valence-electron chi connectivity index (χ0n) is 14.3. The highest BCUT2D eigenvalue weighted by atomic mass is 127. The fraction of sp³-hybridized carbons (Fsp3) is 1.00. The first-order valence-corrected chi connectivity index (χ1v) is 9.76. The first-order valence-electron chi connectivity index (χ1n) is 8.51. The molecule has 124 valence electrons. The Hall–Kier alpha value is 1.42. The molecule has 1 unspecified atom stereocenters. The van der Waals surface area contributed by atoms with Gasteiger partial charge >= 0.3 is 0 Å². The highest BCUT2D eigenvalue weighted by Crippen LogP contribution is 2.19. The number of rotatable bonds is 13. The van der Waals surface area contributed by atoms with E-state index < -0.39 is 0 Å². The molecule has 0 aliphatic rings. The molecule has 0 saturated heterocycles. The normalized spacial score (nSPS) is 13.1. The molecule has 3 heteroatoms. The van der Waals surface area contributed by atoms with Gasteiger partial charge in [-0.1, -0.05) is 65.2 Å². The van der Waals surface area contributed by atoms with Gasteiger partial charge in [-0.2, -0.15) is 0 Å². The Kier molecular flexibility index (Phi) is 18.1. The van der Waals surface area contributed by atoms with Crippen LogP contribution in [0.4, 0.5) is 0 Å². The summed E-state index contributed by atoms with van der Waals surface area (Å²) in [5, 5.41) is 0. The summed E-state index contributed by atoms with van der Waals surface area (Å²) in [7, 11) is 4.77. The van der Waals surface area contributed by atoms with E-state index in [1.54, 1.807) is 0 Å². The second-order valence-corrected chi connectivity index (χ2v) is 7.96. The summed E-state index contributed by atoms with van der Waals surface area (Å²) in [4.78, 5) is 0. The largest absolute Gasteiger partial charge is 1.00 e. The van der Waals surface area contributed by atoms with Crippen LogP contribution in [-0.2, 0) is 0 Å². The Bertz CT molecular complexity index is 195. The van der Waals surface area contributed by atoms with E-state index in [9.17, 15) is 0 Å². The molecule has 20 heavy (non-hydrogen) atoms. The van der Waals surface area contributed by atoms with Gasteiger partial charge in [-0.3, -0.25) is 0 Å². The van der Waals surface area contributed by atoms with E-state index in [-0.39, 0.29) is 24.0 Å². The van der Waals surface area contributed by atoms with Crippen molar-refractivity contribution in [3.63, 3.8) is 0 Å². The third-order valence-corrected chi connectivity index (χ3v) is 6.57. The predicted molar refractivity (Wildman–Crippen MR) is 96.9 cm³/mol. The van der Waals surface area contributed by atoms with Crippen molar-refractivity contribution >= 4 is 22.6 Å². The van der Waals surface area contributed by atoms with Crippen molar-refractivity contribution < 1.29 is 28.5 Å². The van der Waals surface area contributed by atoms with Crippen LogP contribution in [0.25, 0.3) is 0 Å². The van der Waals surface area contributed by atoms with E-state index >= 15 is 0 Å². The van der Waals surface area contributed by atoms with Gasteiger partial charge in [-0.05, 0) is 35.4 Å². The molecule has 0 spiro atoms. The van der Waals surface area contributed by atoms with Crippen LogP contribution in [0.2, 0.25) is 0 Å². The molecule has 0 N–H and O–H groups in total. The van der Waals surface area contributed by atoms with Crippen LogP contribution in [0.15, 0.2) is 0 Å². The van der Waals surface area contributed by atoms with Crippen LogP contribution in [-0.4, -0.2) is 29.2 Å². The predicted octanol–water partition coefficient (Wildman–Crippen LogP) is 3.16. The van der Waals surface area contributed by atoms with Crippen molar-refractivity contribution in [1.82, 2.24) is 0 Å². The average molecular weight is 509 g/mol. The Morgan fingerprint density at radius 1 is 0.750 bits per heavy atom. The van der Waals surface area contributed by atoms with Gasteiger partial charge in [0, 0.05) is 6.42 Å². The molecule has 0 aromatic heterocycles. The molecule has 0 rings (SSSR count). The highest BCUT2D eigenvalue weighted by molar-refractivity contribution is 14.1. The minimum absolute atomic E-state index is 0. The Morgan fingerprint density at radius 2 is 1.15 bits per heavy atom. The number of alkyl halides is 1. The third-order valence-electron chi connectivity index (χ3n) is 4.18. The van der Waals surface area contributed by atoms with E-state index in [0.717, 1.165) is 4.05 Å². The van der Waals surface area contributed by atoms with Crippen LogP contribution in [0.5, 0.6) is 0 Å². The summed E-state index contributed by atoms with van der Waals surface area (Å²) in [5.74, 6) is 0. The summed E-state index contributed by atoms with van der Waals surface area (Å²) in [6.45, 7) is 5.94. The summed E-state index contributed by atoms with van der Waals surface area (Å²) in [5.41, 5.74) is 0. The third kappa shape index (κ3) is 13.1. The smallest absolute Gasteiger partial charge is 0.139 e. The molecule has 0 amide bonds. The summed E-state index contributed by atoms with van der Waals surface area (Å²) in [6.07, 6.45) is 15.7. The van der Waals surface area contributed by atoms with Crippen molar-refractivity contribution in [2.24, 2.45) is 0 Å². The van der Waals surface area contributed by atoms with Crippen molar-refractivity contribution in [2.75, 3.05) is 20.6 Å². The molecule has 0 bridgehead atoms. The van der Waals surface area contributed by atoms with Crippen LogP contribution in [0, 0.1) is 0 Å². The number of hydrogen-bond acceptors (Lipinski definition) is 0. The first-order chi connectivity index (χ1) is 9.04. The lowest BCUT2D eigenvalue weighted by Gasteiger charge is -2.34. The van der Waals surface area contributed by atoms with Gasteiger partial charge in [-0.15, -0.1) is 0 Å². The molecule has 0 aliphatic heterocycles. The lowest BCUT2D eigenvalue weighted by atomic mass is 10.1. The number of unbranched alkanes of at least 4 members (excludes halogenated alkanes) is 9. The molecule has 0 aliphatic carbocycles. The molecule has 0 aromatic rings. The van der Waals surface area contributed by atoms with Crippen molar-refractivity contribution in [1.29, 1.82) is 0 Å². The Morgan fingerprint density at radius 3 is 1.55 bits per heavy atom. The van der Waals surface area contributed by atoms with E-state index in [4.69, 9.17) is 0 Å². The minimum Gasteiger partial charge on any atom is -1.00 e. The van der Waals surface area contributed by atoms with E-state index in [1.165, 1.54) is 81.7 Å². The van der Waals surface area contributed by atoms with Crippen molar-refractivity contribution in [3.8, 4) is 0 Å². The summed E-state index contributed by atoms with van der Waals surface area (Å²) in [6, 6.07) is 0. The van der Waals surface area contributed by atoms with E-state index in [2.05, 4.69) is 50.5 Å². The Balaban J connectivity index is 0. The maximum absolute atomic E-state index is 2.61. The second kappa shape index (κ2) is 15.3. The second-order valence-electron chi connectivity index (χ2n) is 6.53. The average Bonchev–Trinajstić information content (AvgIpc) is 2.39. The van der Waals surface area contributed by atoms with Crippen molar-refractivity contribution in [2.45, 2.75) is 88.5 Å². The lowest BCUT2D eigenvalue weighted by molar-refractivity contribution is -0.896. The zero-order valence-corrected chi connectivity index (χ0v) is 18.6. The number of hydrogen-bond donors (Lipinski definition) is 0. The first kappa shape index (κ1) is 23.7. The quantitative estimate of drug-likeness (QED) is 0.118. The number of halogens is 2. The van der Waals surface area contributed by atoms with Crippen molar-refractivity contribution in [3.05, 3.63) is 0 Å². The molecule has 0 aromatic carbocycles.